The van der Waals surface area contributed by atoms with E-state index in [0.29, 0.717) is 11.3 Å². The van der Waals surface area contributed by atoms with E-state index in [1.54, 1.807) is 19.2 Å². The SMILES string of the molecule is COc1ccc2nc(C)cc(C(=O)NC[C@H](O)c3cccs3)c2c1. The highest BCUT2D eigenvalue weighted by molar-refractivity contribution is 7.10. The summed E-state index contributed by atoms with van der Waals surface area (Å²) in [7, 11) is 1.58. The summed E-state index contributed by atoms with van der Waals surface area (Å²) in [5, 5.41) is 15.5. The standard InChI is InChI=1S/C18H18N2O3S/c1-11-8-14(13-9-12(23-2)5-6-15(13)20-11)18(22)19-10-16(21)17-4-3-7-24-17/h3-9,16,21H,10H2,1-2H3,(H,19,22)/t16-/m0/s1. The van der Waals surface area contributed by atoms with Crippen molar-refractivity contribution in [2.24, 2.45) is 0 Å². The molecule has 24 heavy (non-hydrogen) atoms. The molecule has 5 nitrogen and oxygen atoms in total. The van der Waals surface area contributed by atoms with Crippen molar-refractivity contribution in [3.63, 3.8) is 0 Å². The van der Waals surface area contributed by atoms with Crippen LogP contribution in [0.5, 0.6) is 5.75 Å². The second-order valence-electron chi connectivity index (χ2n) is 5.44. The number of hydrogen-bond acceptors (Lipinski definition) is 5. The maximum atomic E-state index is 12.6. The van der Waals surface area contributed by atoms with Crippen molar-refractivity contribution in [2.45, 2.75) is 13.0 Å². The van der Waals surface area contributed by atoms with Gasteiger partial charge in [0.1, 0.15) is 11.9 Å². The molecule has 0 aliphatic rings. The lowest BCUT2D eigenvalue weighted by Crippen LogP contribution is -2.28. The molecule has 0 spiro atoms. The van der Waals surface area contributed by atoms with Gasteiger partial charge in [-0.05, 0) is 42.6 Å². The molecular weight excluding hydrogens is 324 g/mol. The molecule has 2 aromatic heterocycles. The fraction of sp³-hybridized carbons (Fsp3) is 0.222. The molecule has 0 aliphatic heterocycles. The summed E-state index contributed by atoms with van der Waals surface area (Å²) in [6.45, 7) is 2.01. The number of fused-ring (bicyclic) bond motifs is 1. The first kappa shape index (κ1) is 16.4. The fourth-order valence-electron chi connectivity index (χ4n) is 2.52. The number of aliphatic hydroxyl groups is 1. The molecule has 1 atom stereocenters. The van der Waals surface area contributed by atoms with E-state index in [0.717, 1.165) is 21.5 Å². The maximum Gasteiger partial charge on any atom is 0.252 e. The van der Waals surface area contributed by atoms with E-state index in [1.165, 1.54) is 11.3 Å². The number of thiophene rings is 1. The van der Waals surface area contributed by atoms with E-state index in [9.17, 15) is 9.90 Å². The van der Waals surface area contributed by atoms with Gasteiger partial charge >= 0.3 is 0 Å². The maximum absolute atomic E-state index is 12.6. The van der Waals surface area contributed by atoms with Crippen molar-refractivity contribution in [1.82, 2.24) is 10.3 Å². The number of benzene rings is 1. The van der Waals surface area contributed by atoms with Crippen molar-refractivity contribution in [1.29, 1.82) is 0 Å². The van der Waals surface area contributed by atoms with Crippen LogP contribution in [0.4, 0.5) is 0 Å². The fourth-order valence-corrected chi connectivity index (χ4v) is 3.23. The van der Waals surface area contributed by atoms with Gasteiger partial charge in [-0.25, -0.2) is 0 Å². The molecule has 0 fully saturated rings. The molecule has 0 saturated carbocycles. The number of aliphatic hydroxyl groups excluding tert-OH is 1. The quantitative estimate of drug-likeness (QED) is 0.747. The molecule has 3 aromatic rings. The van der Waals surface area contributed by atoms with Gasteiger partial charge in [-0.2, -0.15) is 0 Å². The number of pyridine rings is 1. The third-order valence-corrected chi connectivity index (χ3v) is 4.69. The first-order valence-corrected chi connectivity index (χ1v) is 8.41. The Labute approximate surface area is 143 Å². The molecule has 6 heteroatoms. The van der Waals surface area contributed by atoms with Gasteiger partial charge in [0, 0.05) is 22.5 Å². The Bertz CT molecular complexity index is 862. The zero-order valence-corrected chi connectivity index (χ0v) is 14.3. The Morgan fingerprint density at radius 3 is 2.92 bits per heavy atom. The third-order valence-electron chi connectivity index (χ3n) is 3.72. The number of nitrogens with zero attached hydrogens (tertiary/aromatic N) is 1. The minimum atomic E-state index is -0.710. The Balaban J connectivity index is 1.86. The number of rotatable bonds is 5. The second-order valence-corrected chi connectivity index (χ2v) is 6.41. The highest BCUT2D eigenvalue weighted by Crippen LogP contribution is 2.24. The third kappa shape index (κ3) is 3.39. The number of ether oxygens (including phenoxy) is 1. The zero-order chi connectivity index (χ0) is 17.1. The molecular formula is C18H18N2O3S. The van der Waals surface area contributed by atoms with Crippen LogP contribution in [0.25, 0.3) is 10.9 Å². The smallest absolute Gasteiger partial charge is 0.252 e. The van der Waals surface area contributed by atoms with Crippen LogP contribution >= 0.6 is 11.3 Å². The summed E-state index contributed by atoms with van der Waals surface area (Å²) in [4.78, 5) is 17.9. The average molecular weight is 342 g/mol. The highest BCUT2D eigenvalue weighted by Gasteiger charge is 2.15. The Hall–Kier alpha value is -2.44. The van der Waals surface area contributed by atoms with Crippen LogP contribution < -0.4 is 10.1 Å². The van der Waals surface area contributed by atoms with Gasteiger partial charge < -0.3 is 15.2 Å². The lowest BCUT2D eigenvalue weighted by molar-refractivity contribution is 0.0919. The van der Waals surface area contributed by atoms with E-state index >= 15 is 0 Å². The molecule has 3 rings (SSSR count). The number of aromatic nitrogens is 1. The van der Waals surface area contributed by atoms with Crippen LogP contribution in [0.1, 0.15) is 27.0 Å². The Morgan fingerprint density at radius 2 is 2.21 bits per heavy atom. The van der Waals surface area contributed by atoms with E-state index in [-0.39, 0.29) is 12.5 Å². The summed E-state index contributed by atoms with van der Waals surface area (Å²) in [6.07, 6.45) is -0.710. The number of methoxy groups -OCH3 is 1. The number of hydrogen-bond donors (Lipinski definition) is 2. The Morgan fingerprint density at radius 1 is 1.38 bits per heavy atom. The second kappa shape index (κ2) is 6.98. The number of amides is 1. The van der Waals surface area contributed by atoms with E-state index < -0.39 is 6.10 Å². The summed E-state index contributed by atoms with van der Waals surface area (Å²) in [6, 6.07) is 10.9. The molecule has 2 heterocycles. The topological polar surface area (TPSA) is 71.5 Å². The predicted octanol–water partition coefficient (Wildman–Crippen LogP) is 3.08. The minimum Gasteiger partial charge on any atom is -0.497 e. The zero-order valence-electron chi connectivity index (χ0n) is 13.4. The first-order chi connectivity index (χ1) is 11.6. The minimum absolute atomic E-state index is 0.159. The monoisotopic (exact) mass is 342 g/mol. The molecule has 1 aromatic carbocycles. The van der Waals surface area contributed by atoms with E-state index in [4.69, 9.17) is 4.74 Å². The number of nitrogens with one attached hydrogen (secondary N) is 1. The molecule has 124 valence electrons. The number of aryl methyl sites for hydroxylation is 1. The van der Waals surface area contributed by atoms with Gasteiger partial charge in [0.15, 0.2) is 0 Å². The highest BCUT2D eigenvalue weighted by atomic mass is 32.1. The van der Waals surface area contributed by atoms with Crippen LogP contribution in [0.15, 0.2) is 41.8 Å². The van der Waals surface area contributed by atoms with Gasteiger partial charge in [-0.15, -0.1) is 11.3 Å². The van der Waals surface area contributed by atoms with Crippen LogP contribution in [0.3, 0.4) is 0 Å². The summed E-state index contributed by atoms with van der Waals surface area (Å²) < 4.78 is 5.24. The molecule has 0 radical (unpaired) electrons. The number of carbonyl (C=O) groups excluding carboxylic acids is 1. The van der Waals surface area contributed by atoms with Crippen LogP contribution in [0.2, 0.25) is 0 Å². The summed E-state index contributed by atoms with van der Waals surface area (Å²) >= 11 is 1.46. The van der Waals surface area contributed by atoms with Gasteiger partial charge in [0.25, 0.3) is 5.91 Å². The lowest BCUT2D eigenvalue weighted by Gasteiger charge is -2.12. The normalized spacial score (nSPS) is 12.1. The summed E-state index contributed by atoms with van der Waals surface area (Å²) in [5.74, 6) is 0.426. The predicted molar refractivity (Wildman–Crippen MR) is 94.6 cm³/mol. The molecule has 0 aliphatic carbocycles. The van der Waals surface area contributed by atoms with E-state index in [1.807, 2.05) is 36.6 Å². The first-order valence-electron chi connectivity index (χ1n) is 7.53. The van der Waals surface area contributed by atoms with Crippen molar-refractivity contribution in [2.75, 3.05) is 13.7 Å². The molecule has 0 bridgehead atoms. The van der Waals surface area contributed by atoms with Gasteiger partial charge in [-0.3, -0.25) is 9.78 Å². The van der Waals surface area contributed by atoms with Crippen LogP contribution in [-0.4, -0.2) is 29.7 Å². The molecule has 0 unspecified atom stereocenters. The van der Waals surface area contributed by atoms with Crippen molar-refractivity contribution >= 4 is 28.1 Å². The average Bonchev–Trinajstić information content (AvgIpc) is 3.13. The van der Waals surface area contributed by atoms with Crippen molar-refractivity contribution in [3.05, 3.63) is 57.9 Å². The Kier molecular flexibility index (Phi) is 4.78. The largest absolute Gasteiger partial charge is 0.497 e. The molecule has 2 N–H and O–H groups in total. The lowest BCUT2D eigenvalue weighted by atomic mass is 10.1. The molecule has 0 saturated heterocycles. The van der Waals surface area contributed by atoms with Crippen molar-refractivity contribution < 1.29 is 14.6 Å². The van der Waals surface area contributed by atoms with Crippen molar-refractivity contribution in [3.8, 4) is 5.75 Å². The van der Waals surface area contributed by atoms with E-state index in [2.05, 4.69) is 10.3 Å². The van der Waals surface area contributed by atoms with Gasteiger partial charge in [0.2, 0.25) is 0 Å². The van der Waals surface area contributed by atoms with Gasteiger partial charge in [0.05, 0.1) is 18.2 Å². The van der Waals surface area contributed by atoms with Crippen LogP contribution in [-0.2, 0) is 0 Å². The van der Waals surface area contributed by atoms with Crippen LogP contribution in [0, 0.1) is 6.92 Å². The summed E-state index contributed by atoms with van der Waals surface area (Å²) in [5.41, 5.74) is 2.02. The molecule has 1 amide bonds. The number of carbonyl (C=O) groups is 1. The van der Waals surface area contributed by atoms with Gasteiger partial charge in [-0.1, -0.05) is 6.07 Å².